The van der Waals surface area contributed by atoms with Gasteiger partial charge in [-0.15, -0.1) is 0 Å². The molecule has 0 aromatic heterocycles. The molecule has 0 heterocycles. The molecule has 4 nitrogen and oxygen atoms in total. The van der Waals surface area contributed by atoms with E-state index in [4.69, 9.17) is 4.74 Å². The van der Waals surface area contributed by atoms with Crippen LogP contribution in [0.25, 0.3) is 0 Å². The summed E-state index contributed by atoms with van der Waals surface area (Å²) in [6.07, 6.45) is 0.273. The SMILES string of the molecule is CCCNC(=O)C(C)Oc1ccccc1O. The normalized spacial score (nSPS) is 11.9. The van der Waals surface area contributed by atoms with Gasteiger partial charge in [-0.05, 0) is 25.5 Å². The van der Waals surface area contributed by atoms with Crippen molar-refractivity contribution in [2.45, 2.75) is 26.4 Å². The average Bonchev–Trinajstić information content (AvgIpc) is 2.28. The Bertz CT molecular complexity index is 352. The summed E-state index contributed by atoms with van der Waals surface area (Å²) in [7, 11) is 0. The van der Waals surface area contributed by atoms with Gasteiger partial charge in [-0.1, -0.05) is 19.1 Å². The van der Waals surface area contributed by atoms with E-state index in [1.807, 2.05) is 6.92 Å². The molecule has 16 heavy (non-hydrogen) atoms. The number of phenolic OH excluding ortho intramolecular Hbond substituents is 1. The number of carbonyl (C=O) groups is 1. The number of para-hydroxylation sites is 2. The van der Waals surface area contributed by atoms with Gasteiger partial charge in [-0.2, -0.15) is 0 Å². The molecule has 1 atom stereocenters. The second-order valence-electron chi connectivity index (χ2n) is 3.52. The van der Waals surface area contributed by atoms with Gasteiger partial charge in [-0.25, -0.2) is 0 Å². The van der Waals surface area contributed by atoms with Crippen LogP contribution in [0.4, 0.5) is 0 Å². The molecule has 1 aromatic carbocycles. The molecular formula is C12H17NO3. The van der Waals surface area contributed by atoms with E-state index in [0.717, 1.165) is 6.42 Å². The van der Waals surface area contributed by atoms with Crippen molar-refractivity contribution in [3.8, 4) is 11.5 Å². The Morgan fingerprint density at radius 2 is 2.19 bits per heavy atom. The first-order valence-electron chi connectivity index (χ1n) is 5.37. The fourth-order valence-corrected chi connectivity index (χ4v) is 1.19. The molecule has 0 aliphatic rings. The first-order chi connectivity index (χ1) is 7.65. The highest BCUT2D eigenvalue weighted by molar-refractivity contribution is 5.80. The number of hydrogen-bond donors (Lipinski definition) is 2. The maximum atomic E-state index is 11.5. The van der Waals surface area contributed by atoms with E-state index in [0.29, 0.717) is 12.3 Å². The zero-order valence-electron chi connectivity index (χ0n) is 9.56. The number of benzene rings is 1. The van der Waals surface area contributed by atoms with Crippen molar-refractivity contribution in [2.24, 2.45) is 0 Å². The van der Waals surface area contributed by atoms with E-state index in [1.165, 1.54) is 6.07 Å². The summed E-state index contributed by atoms with van der Waals surface area (Å²) < 4.78 is 5.34. The number of carbonyl (C=O) groups excluding carboxylic acids is 1. The smallest absolute Gasteiger partial charge is 0.260 e. The predicted molar refractivity (Wildman–Crippen MR) is 61.5 cm³/mol. The summed E-state index contributed by atoms with van der Waals surface area (Å²) in [6.45, 7) is 4.26. The Morgan fingerprint density at radius 3 is 2.81 bits per heavy atom. The van der Waals surface area contributed by atoms with Crippen LogP contribution in [0.15, 0.2) is 24.3 Å². The van der Waals surface area contributed by atoms with Crippen LogP contribution >= 0.6 is 0 Å². The molecule has 1 aromatic rings. The molecule has 1 amide bonds. The van der Waals surface area contributed by atoms with Gasteiger partial charge in [0.15, 0.2) is 17.6 Å². The molecular weight excluding hydrogens is 206 g/mol. The summed E-state index contributed by atoms with van der Waals surface area (Å²) in [5, 5.41) is 12.2. The summed E-state index contributed by atoms with van der Waals surface area (Å²) in [5.41, 5.74) is 0. The first-order valence-corrected chi connectivity index (χ1v) is 5.37. The number of amides is 1. The van der Waals surface area contributed by atoms with Crippen molar-refractivity contribution < 1.29 is 14.6 Å². The van der Waals surface area contributed by atoms with Gasteiger partial charge in [-0.3, -0.25) is 4.79 Å². The lowest BCUT2D eigenvalue weighted by Gasteiger charge is -2.14. The molecule has 0 spiro atoms. The van der Waals surface area contributed by atoms with E-state index >= 15 is 0 Å². The van der Waals surface area contributed by atoms with Gasteiger partial charge >= 0.3 is 0 Å². The monoisotopic (exact) mass is 223 g/mol. The largest absolute Gasteiger partial charge is 0.504 e. The fraction of sp³-hybridized carbons (Fsp3) is 0.417. The van der Waals surface area contributed by atoms with Gasteiger partial charge < -0.3 is 15.2 Å². The second kappa shape index (κ2) is 6.00. The maximum absolute atomic E-state index is 11.5. The van der Waals surface area contributed by atoms with Crippen LogP contribution in [0.3, 0.4) is 0 Å². The lowest BCUT2D eigenvalue weighted by molar-refractivity contribution is -0.127. The molecule has 0 saturated carbocycles. The summed E-state index contributed by atoms with van der Waals surface area (Å²) in [5.74, 6) is 0.185. The molecule has 2 N–H and O–H groups in total. The fourth-order valence-electron chi connectivity index (χ4n) is 1.19. The Balaban J connectivity index is 2.54. The minimum atomic E-state index is -0.611. The highest BCUT2D eigenvalue weighted by Crippen LogP contribution is 2.25. The quantitative estimate of drug-likeness (QED) is 0.798. The Kier molecular flexibility index (Phi) is 4.64. The number of rotatable bonds is 5. The minimum Gasteiger partial charge on any atom is -0.504 e. The topological polar surface area (TPSA) is 58.6 Å². The van der Waals surface area contributed by atoms with Gasteiger partial charge in [0.1, 0.15) is 0 Å². The zero-order chi connectivity index (χ0) is 12.0. The van der Waals surface area contributed by atoms with Crippen LogP contribution in [0.1, 0.15) is 20.3 Å². The third-order valence-electron chi connectivity index (χ3n) is 2.09. The van der Waals surface area contributed by atoms with Gasteiger partial charge in [0, 0.05) is 6.54 Å². The molecule has 0 saturated heterocycles. The van der Waals surface area contributed by atoms with Gasteiger partial charge in [0.2, 0.25) is 0 Å². The number of aromatic hydroxyl groups is 1. The molecule has 0 bridgehead atoms. The van der Waals surface area contributed by atoms with Crippen LogP contribution in [0.5, 0.6) is 11.5 Å². The Morgan fingerprint density at radius 1 is 1.50 bits per heavy atom. The predicted octanol–water partition coefficient (Wildman–Crippen LogP) is 1.69. The van der Waals surface area contributed by atoms with Crippen LogP contribution in [0, 0.1) is 0 Å². The highest BCUT2D eigenvalue weighted by Gasteiger charge is 2.14. The standard InChI is InChI=1S/C12H17NO3/c1-3-8-13-12(15)9(2)16-11-7-5-4-6-10(11)14/h4-7,9,14H,3,8H2,1-2H3,(H,13,15). The molecule has 4 heteroatoms. The van der Waals surface area contributed by atoms with Crippen LogP contribution in [-0.2, 0) is 4.79 Å². The van der Waals surface area contributed by atoms with Crippen LogP contribution in [0.2, 0.25) is 0 Å². The lowest BCUT2D eigenvalue weighted by atomic mass is 10.3. The molecule has 0 radical (unpaired) electrons. The van der Waals surface area contributed by atoms with Crippen molar-refractivity contribution in [3.05, 3.63) is 24.3 Å². The van der Waals surface area contributed by atoms with E-state index in [1.54, 1.807) is 25.1 Å². The maximum Gasteiger partial charge on any atom is 0.260 e. The summed E-state index contributed by atoms with van der Waals surface area (Å²) in [4.78, 5) is 11.5. The van der Waals surface area contributed by atoms with E-state index in [2.05, 4.69) is 5.32 Å². The number of nitrogens with one attached hydrogen (secondary N) is 1. The average molecular weight is 223 g/mol. The minimum absolute atomic E-state index is 0.0395. The van der Waals surface area contributed by atoms with E-state index < -0.39 is 6.10 Å². The van der Waals surface area contributed by atoms with Gasteiger partial charge in [0.05, 0.1) is 0 Å². The molecule has 0 aliphatic heterocycles. The van der Waals surface area contributed by atoms with Crippen molar-refractivity contribution in [1.29, 1.82) is 0 Å². The van der Waals surface area contributed by atoms with E-state index in [9.17, 15) is 9.90 Å². The second-order valence-corrected chi connectivity index (χ2v) is 3.52. The molecule has 0 fully saturated rings. The molecule has 1 unspecified atom stereocenters. The first kappa shape index (κ1) is 12.4. The Hall–Kier alpha value is -1.71. The molecule has 88 valence electrons. The van der Waals surface area contributed by atoms with Crippen molar-refractivity contribution in [3.63, 3.8) is 0 Å². The van der Waals surface area contributed by atoms with Gasteiger partial charge in [0.25, 0.3) is 5.91 Å². The third kappa shape index (κ3) is 3.46. The summed E-state index contributed by atoms with van der Waals surface area (Å²) in [6, 6.07) is 6.58. The Labute approximate surface area is 95.2 Å². The van der Waals surface area contributed by atoms with Crippen molar-refractivity contribution in [2.75, 3.05) is 6.54 Å². The molecule has 1 rings (SSSR count). The highest BCUT2D eigenvalue weighted by atomic mass is 16.5. The summed E-state index contributed by atoms with van der Waals surface area (Å²) >= 11 is 0. The zero-order valence-corrected chi connectivity index (χ0v) is 9.56. The molecule has 0 aliphatic carbocycles. The third-order valence-corrected chi connectivity index (χ3v) is 2.09. The van der Waals surface area contributed by atoms with E-state index in [-0.39, 0.29) is 11.7 Å². The number of ether oxygens (including phenoxy) is 1. The van der Waals surface area contributed by atoms with Crippen molar-refractivity contribution in [1.82, 2.24) is 5.32 Å². The van der Waals surface area contributed by atoms with Crippen molar-refractivity contribution >= 4 is 5.91 Å². The number of phenols is 1. The lowest BCUT2D eigenvalue weighted by Crippen LogP contribution is -2.36. The number of hydrogen-bond acceptors (Lipinski definition) is 3. The van der Waals surface area contributed by atoms with Crippen LogP contribution in [-0.4, -0.2) is 23.7 Å². The van der Waals surface area contributed by atoms with Crippen LogP contribution < -0.4 is 10.1 Å².